The van der Waals surface area contributed by atoms with Crippen LogP contribution < -0.4 is 16.4 Å². The average molecular weight is 441 g/mol. The van der Waals surface area contributed by atoms with Gasteiger partial charge in [-0.25, -0.2) is 4.79 Å². The summed E-state index contributed by atoms with van der Waals surface area (Å²) in [6, 6.07) is 12.7. The molecule has 3 rings (SSSR count). The molecule has 2 heterocycles. The Hall–Kier alpha value is -3.50. The van der Waals surface area contributed by atoms with Gasteiger partial charge in [-0.3, -0.25) is 9.20 Å². The lowest BCUT2D eigenvalue weighted by Crippen LogP contribution is -2.50. The summed E-state index contributed by atoms with van der Waals surface area (Å²) >= 11 is 0. The van der Waals surface area contributed by atoms with E-state index in [0.717, 1.165) is 11.1 Å². The average Bonchev–Trinajstić information content (AvgIpc) is 3.20. The van der Waals surface area contributed by atoms with E-state index in [1.54, 1.807) is 36.6 Å². The molecule has 0 aliphatic heterocycles. The van der Waals surface area contributed by atoms with Crippen molar-refractivity contribution < 1.29 is 19.1 Å². The summed E-state index contributed by atoms with van der Waals surface area (Å²) < 4.78 is 12.7. The number of ether oxygens (including phenoxy) is 2. The summed E-state index contributed by atoms with van der Waals surface area (Å²) in [5.41, 5.74) is 7.21. The molecule has 0 unspecified atom stereocenters. The summed E-state index contributed by atoms with van der Waals surface area (Å²) in [7, 11) is 1.49. The normalized spacial score (nSPS) is 12.4. The van der Waals surface area contributed by atoms with E-state index in [-0.39, 0.29) is 19.1 Å². The maximum atomic E-state index is 12.6. The Bertz CT molecular complexity index is 1060. The van der Waals surface area contributed by atoms with Gasteiger partial charge in [-0.15, -0.1) is 10.2 Å². The third-order valence-electron chi connectivity index (χ3n) is 4.66. The zero-order valence-electron chi connectivity index (χ0n) is 18.4. The number of hydrogen-bond donors (Lipinski definition) is 3. The lowest BCUT2D eigenvalue weighted by Gasteiger charge is -2.23. The van der Waals surface area contributed by atoms with E-state index in [2.05, 4.69) is 20.8 Å². The fourth-order valence-electron chi connectivity index (χ4n) is 2.89. The molecule has 10 heteroatoms. The molecule has 2 amide bonds. The second kappa shape index (κ2) is 10.2. The fraction of sp³-hybridized carbons (Fsp3) is 0.364. The molecule has 0 spiro atoms. The minimum absolute atomic E-state index is 0.0740. The number of benzene rings is 1. The number of nitrogens with zero attached hydrogens (tertiary/aromatic N) is 3. The first-order valence-electron chi connectivity index (χ1n) is 10.2. The minimum Gasteiger partial charge on any atom is -0.445 e. The highest BCUT2D eigenvalue weighted by molar-refractivity contribution is 5.85. The van der Waals surface area contributed by atoms with Crippen LogP contribution in [0.3, 0.4) is 0 Å². The number of aromatic nitrogens is 3. The number of nitrogens with two attached hydrogens (primary N) is 1. The summed E-state index contributed by atoms with van der Waals surface area (Å²) in [5, 5.41) is 13.8. The van der Waals surface area contributed by atoms with Gasteiger partial charge in [-0.05, 0) is 25.5 Å². The Labute approximate surface area is 186 Å². The van der Waals surface area contributed by atoms with Crippen molar-refractivity contribution in [1.29, 1.82) is 0 Å². The molecule has 10 nitrogen and oxygen atoms in total. The van der Waals surface area contributed by atoms with Gasteiger partial charge in [0.15, 0.2) is 11.5 Å². The molecule has 0 saturated carbocycles. The molecule has 4 N–H and O–H groups in total. The Morgan fingerprint density at radius 1 is 1.09 bits per heavy atom. The molecule has 0 radical (unpaired) electrons. The van der Waals surface area contributed by atoms with Crippen molar-refractivity contribution in [1.82, 2.24) is 25.2 Å². The number of nitrogens with one attached hydrogen (secondary N) is 2. The predicted molar refractivity (Wildman–Crippen MR) is 117 cm³/mol. The Morgan fingerprint density at radius 2 is 1.84 bits per heavy atom. The predicted octanol–water partition coefficient (Wildman–Crippen LogP) is 1.70. The van der Waals surface area contributed by atoms with Crippen LogP contribution in [0.4, 0.5) is 4.79 Å². The number of rotatable bonds is 9. The zero-order chi connectivity index (χ0) is 23.1. The summed E-state index contributed by atoms with van der Waals surface area (Å²) in [5.74, 6) is 0.133. The number of hydrogen-bond acceptors (Lipinski definition) is 7. The van der Waals surface area contributed by atoms with Gasteiger partial charge >= 0.3 is 6.09 Å². The van der Waals surface area contributed by atoms with E-state index >= 15 is 0 Å². The van der Waals surface area contributed by atoms with Crippen LogP contribution in [-0.2, 0) is 27.5 Å². The van der Waals surface area contributed by atoms with Gasteiger partial charge in [0.25, 0.3) is 0 Å². The van der Waals surface area contributed by atoms with Crippen molar-refractivity contribution in [3.63, 3.8) is 0 Å². The first-order chi connectivity index (χ1) is 15.3. The van der Waals surface area contributed by atoms with Crippen LogP contribution in [0.5, 0.6) is 0 Å². The smallest absolute Gasteiger partial charge is 0.407 e. The second-order valence-electron chi connectivity index (χ2n) is 7.90. The van der Waals surface area contributed by atoms with E-state index in [4.69, 9.17) is 15.2 Å². The van der Waals surface area contributed by atoms with Crippen molar-refractivity contribution in [3.05, 3.63) is 65.6 Å². The van der Waals surface area contributed by atoms with E-state index in [1.807, 2.05) is 30.3 Å². The third-order valence-corrected chi connectivity index (χ3v) is 4.66. The maximum Gasteiger partial charge on any atom is 0.407 e. The highest BCUT2D eigenvalue weighted by Crippen LogP contribution is 2.17. The molecule has 32 heavy (non-hydrogen) atoms. The molecule has 0 fully saturated rings. The summed E-state index contributed by atoms with van der Waals surface area (Å²) in [6.45, 7) is 3.86. The van der Waals surface area contributed by atoms with E-state index in [1.165, 1.54) is 7.05 Å². The third kappa shape index (κ3) is 6.02. The SMILES string of the molecule is CNC(=O)OCc1ccc2nnc([C@@H](COCc3ccccc3)NC(=O)C(C)(C)N)n2c1. The quantitative estimate of drug-likeness (QED) is 0.461. The standard InChI is InChI=1S/C22H28N6O4/c1-22(2,23)20(29)25-17(14-31-12-15-7-5-4-6-8-15)19-27-26-18-10-9-16(11-28(18)19)13-32-21(30)24-3/h4-11,17H,12-14,23H2,1-3H3,(H,24,30)(H,25,29)/t17-/m1/s1. The molecular formula is C22H28N6O4. The molecular weight excluding hydrogens is 412 g/mol. The molecule has 170 valence electrons. The van der Waals surface area contributed by atoms with E-state index in [9.17, 15) is 9.59 Å². The second-order valence-corrected chi connectivity index (χ2v) is 7.90. The van der Waals surface area contributed by atoms with Crippen LogP contribution >= 0.6 is 0 Å². The Morgan fingerprint density at radius 3 is 2.53 bits per heavy atom. The van der Waals surface area contributed by atoms with Gasteiger partial charge in [0.2, 0.25) is 5.91 Å². The van der Waals surface area contributed by atoms with E-state index < -0.39 is 17.7 Å². The molecule has 3 aromatic rings. The van der Waals surface area contributed by atoms with Crippen LogP contribution in [0.2, 0.25) is 0 Å². The maximum absolute atomic E-state index is 12.6. The molecule has 0 aliphatic rings. The van der Waals surface area contributed by atoms with Crippen LogP contribution in [0.25, 0.3) is 5.65 Å². The molecule has 0 aliphatic carbocycles. The molecule has 1 atom stereocenters. The molecule has 0 bridgehead atoms. The van der Waals surface area contributed by atoms with Crippen LogP contribution in [0, 0.1) is 0 Å². The van der Waals surface area contributed by atoms with Crippen molar-refractivity contribution >= 4 is 17.6 Å². The summed E-state index contributed by atoms with van der Waals surface area (Å²) in [6.07, 6.45) is 1.23. The van der Waals surface area contributed by atoms with Crippen molar-refractivity contribution in [2.45, 2.75) is 38.6 Å². The number of carbonyl (C=O) groups excluding carboxylic acids is 2. The number of fused-ring (bicyclic) bond motifs is 1. The van der Waals surface area contributed by atoms with Crippen molar-refractivity contribution in [2.24, 2.45) is 5.73 Å². The van der Waals surface area contributed by atoms with Crippen LogP contribution in [0.15, 0.2) is 48.7 Å². The van der Waals surface area contributed by atoms with Crippen molar-refractivity contribution in [2.75, 3.05) is 13.7 Å². The van der Waals surface area contributed by atoms with Gasteiger partial charge in [-0.2, -0.15) is 0 Å². The lowest BCUT2D eigenvalue weighted by atomic mass is 10.1. The first kappa shape index (κ1) is 23.2. The van der Waals surface area contributed by atoms with Gasteiger partial charge in [0, 0.05) is 18.8 Å². The van der Waals surface area contributed by atoms with E-state index in [0.29, 0.717) is 18.1 Å². The van der Waals surface area contributed by atoms with Gasteiger partial charge in [-0.1, -0.05) is 36.4 Å². The monoisotopic (exact) mass is 440 g/mol. The number of pyridine rings is 1. The van der Waals surface area contributed by atoms with Gasteiger partial charge in [0.1, 0.15) is 12.6 Å². The first-order valence-corrected chi connectivity index (χ1v) is 10.2. The van der Waals surface area contributed by atoms with Crippen LogP contribution in [0.1, 0.15) is 36.8 Å². The highest BCUT2D eigenvalue weighted by Gasteiger charge is 2.28. The van der Waals surface area contributed by atoms with Gasteiger partial charge in [0.05, 0.1) is 18.8 Å². The van der Waals surface area contributed by atoms with Gasteiger partial charge < -0.3 is 25.8 Å². The number of carbonyl (C=O) groups is 2. The molecule has 2 aromatic heterocycles. The Kier molecular flexibility index (Phi) is 7.39. The molecule has 0 saturated heterocycles. The van der Waals surface area contributed by atoms with Crippen molar-refractivity contribution in [3.8, 4) is 0 Å². The largest absolute Gasteiger partial charge is 0.445 e. The lowest BCUT2D eigenvalue weighted by molar-refractivity contribution is -0.126. The topological polar surface area (TPSA) is 133 Å². The zero-order valence-corrected chi connectivity index (χ0v) is 18.4. The van der Waals surface area contributed by atoms with Crippen LogP contribution in [-0.4, -0.2) is 45.8 Å². The summed E-state index contributed by atoms with van der Waals surface area (Å²) in [4.78, 5) is 24.0. The Balaban J connectivity index is 1.83. The fourth-order valence-corrected chi connectivity index (χ4v) is 2.89. The minimum atomic E-state index is -1.08. The number of amides is 2. The molecule has 1 aromatic carbocycles. The highest BCUT2D eigenvalue weighted by atomic mass is 16.5. The number of alkyl carbamates (subject to hydrolysis) is 1.